The monoisotopic (exact) mass is 535 g/mol. The summed E-state index contributed by atoms with van der Waals surface area (Å²) in [6.07, 6.45) is 4.05. The molecule has 0 radical (unpaired) electrons. The number of unbranched alkanes of at least 4 members (excludes halogenated alkanes) is 1. The summed E-state index contributed by atoms with van der Waals surface area (Å²) >= 11 is 0. The Morgan fingerprint density at radius 1 is 1.03 bits per heavy atom. The van der Waals surface area contributed by atoms with E-state index in [0.717, 1.165) is 38.4 Å². The molecule has 5 N–H and O–H groups in total. The number of primary amides is 1. The van der Waals surface area contributed by atoms with Crippen LogP contribution in [0, 0.1) is 11.8 Å². The quantitative estimate of drug-likeness (QED) is 0.320. The highest BCUT2D eigenvalue weighted by molar-refractivity contribution is 7.89. The molecule has 0 unspecified atom stereocenters. The molecular weight excluding hydrogens is 494 g/mol. The molecule has 2 aromatic carbocycles. The lowest BCUT2D eigenvalue weighted by atomic mass is 10.1. The highest BCUT2D eigenvalue weighted by Gasteiger charge is 2.33. The van der Waals surface area contributed by atoms with E-state index in [2.05, 4.69) is 17.9 Å². The van der Waals surface area contributed by atoms with Gasteiger partial charge in [0.2, 0.25) is 10.0 Å². The first kappa shape index (κ1) is 30.6. The third-order valence-electron chi connectivity index (χ3n) is 5.98. The number of anilines is 1. The van der Waals surface area contributed by atoms with E-state index in [-0.39, 0.29) is 12.2 Å². The SMILES string of the molecule is C1CC2CCOC2O1.CC(C)CN(CCCCc1ccccc1)S(=O)(=O)c1ccc(N)cc1.NC(=O)O. The number of sulfonamides is 1. The first-order valence-corrected chi connectivity index (χ1v) is 14.1. The summed E-state index contributed by atoms with van der Waals surface area (Å²) in [5, 5.41) is 7.19. The average molecular weight is 536 g/mol. The number of hydrogen-bond donors (Lipinski definition) is 3. The second-order valence-corrected chi connectivity index (χ2v) is 11.5. The van der Waals surface area contributed by atoms with Gasteiger partial charge in [-0.2, -0.15) is 4.31 Å². The van der Waals surface area contributed by atoms with E-state index in [9.17, 15) is 8.42 Å². The number of nitrogen functional groups attached to an aromatic ring is 1. The van der Waals surface area contributed by atoms with Crippen molar-refractivity contribution in [3.63, 3.8) is 0 Å². The maximum absolute atomic E-state index is 12.9. The zero-order valence-corrected chi connectivity index (χ0v) is 22.6. The Bertz CT molecular complexity index is 1010. The van der Waals surface area contributed by atoms with Crippen LogP contribution in [0.2, 0.25) is 0 Å². The minimum Gasteiger partial charge on any atom is -0.465 e. The van der Waals surface area contributed by atoms with Crippen molar-refractivity contribution in [1.82, 2.24) is 4.31 Å². The lowest BCUT2D eigenvalue weighted by Gasteiger charge is -2.24. The van der Waals surface area contributed by atoms with E-state index in [1.54, 1.807) is 28.6 Å². The molecule has 2 aliphatic rings. The molecule has 0 spiro atoms. The van der Waals surface area contributed by atoms with Crippen molar-refractivity contribution >= 4 is 21.8 Å². The normalized spacial score (nSPS) is 18.5. The highest BCUT2D eigenvalue weighted by Crippen LogP contribution is 2.30. The maximum atomic E-state index is 12.9. The fraction of sp³-hybridized carbons (Fsp3) is 0.519. The summed E-state index contributed by atoms with van der Waals surface area (Å²) in [7, 11) is -3.48. The predicted molar refractivity (Wildman–Crippen MR) is 144 cm³/mol. The van der Waals surface area contributed by atoms with Gasteiger partial charge in [-0.3, -0.25) is 0 Å². The second kappa shape index (κ2) is 15.6. The molecule has 0 aromatic heterocycles. The van der Waals surface area contributed by atoms with E-state index < -0.39 is 16.1 Å². The van der Waals surface area contributed by atoms with E-state index >= 15 is 0 Å². The van der Waals surface area contributed by atoms with E-state index in [0.29, 0.717) is 23.7 Å². The van der Waals surface area contributed by atoms with Gasteiger partial charge < -0.3 is 26.0 Å². The van der Waals surface area contributed by atoms with Crippen LogP contribution in [0.15, 0.2) is 59.5 Å². The standard InChI is InChI=1S/C20H28N2O2S.C6H10O2.CH3NO2/c1-17(2)16-22(15-7-6-10-18-8-4-3-5-9-18)25(23,24)20-13-11-19(21)12-14-20;1-3-7-6-5(1)2-4-8-6;2-1(3)4/h3-5,8-9,11-14,17H,6-7,10,15-16,21H2,1-2H3;5-6H,1-4H2;2H2,(H,3,4). The lowest BCUT2D eigenvalue weighted by Crippen LogP contribution is -2.35. The number of hydrogen-bond acceptors (Lipinski definition) is 6. The van der Waals surface area contributed by atoms with Crippen LogP contribution < -0.4 is 11.5 Å². The predicted octanol–water partition coefficient (Wildman–Crippen LogP) is 4.33. The van der Waals surface area contributed by atoms with Crippen molar-refractivity contribution in [3.05, 3.63) is 60.2 Å². The average Bonchev–Trinajstić information content (AvgIpc) is 3.47. The molecule has 0 atom stereocenters. The van der Waals surface area contributed by atoms with Crippen molar-refractivity contribution in [1.29, 1.82) is 0 Å². The van der Waals surface area contributed by atoms with Gasteiger partial charge in [0, 0.05) is 24.7 Å². The molecule has 2 aromatic rings. The second-order valence-electron chi connectivity index (χ2n) is 9.55. The molecular formula is C27H41N3O6S. The number of fused-ring (bicyclic) bond motifs is 1. The Labute approximate surface area is 220 Å². The molecule has 206 valence electrons. The minimum atomic E-state index is -3.48. The van der Waals surface area contributed by atoms with Crippen molar-refractivity contribution < 1.29 is 27.8 Å². The summed E-state index contributed by atoms with van der Waals surface area (Å²) in [6, 6.07) is 16.7. The fourth-order valence-electron chi connectivity index (χ4n) is 4.18. The third kappa shape index (κ3) is 11.1. The topological polar surface area (TPSA) is 145 Å². The molecule has 4 rings (SSSR count). The molecule has 0 aliphatic carbocycles. The number of carbonyl (C=O) groups is 1. The van der Waals surface area contributed by atoms with Crippen LogP contribution in [0.4, 0.5) is 10.5 Å². The first-order chi connectivity index (χ1) is 17.6. The number of aryl methyl sites for hydroxylation is 1. The van der Waals surface area contributed by atoms with Gasteiger partial charge in [-0.1, -0.05) is 44.2 Å². The number of amides is 1. The van der Waals surface area contributed by atoms with Crippen molar-refractivity contribution in [3.8, 4) is 0 Å². The minimum absolute atomic E-state index is 0.176. The third-order valence-corrected chi connectivity index (χ3v) is 7.86. The first-order valence-electron chi connectivity index (χ1n) is 12.7. The van der Waals surface area contributed by atoms with E-state index in [1.165, 1.54) is 18.4 Å². The number of nitrogens with two attached hydrogens (primary N) is 2. The number of rotatable bonds is 9. The van der Waals surface area contributed by atoms with Crippen LogP contribution in [0.25, 0.3) is 0 Å². The summed E-state index contributed by atoms with van der Waals surface area (Å²) in [5.74, 6) is 1.01. The van der Waals surface area contributed by atoms with Crippen LogP contribution >= 0.6 is 0 Å². The van der Waals surface area contributed by atoms with Gasteiger partial charge in [0.1, 0.15) is 0 Å². The Morgan fingerprint density at radius 3 is 2.11 bits per heavy atom. The summed E-state index contributed by atoms with van der Waals surface area (Å²) in [5.41, 5.74) is 11.6. The number of ether oxygens (including phenoxy) is 2. The zero-order valence-electron chi connectivity index (χ0n) is 21.8. The zero-order chi connectivity index (χ0) is 27.3. The molecule has 10 heteroatoms. The van der Waals surface area contributed by atoms with Crippen molar-refractivity contribution in [2.45, 2.75) is 57.1 Å². The summed E-state index contributed by atoms with van der Waals surface area (Å²) in [6.45, 7) is 6.96. The summed E-state index contributed by atoms with van der Waals surface area (Å²) < 4.78 is 38.0. The van der Waals surface area contributed by atoms with Crippen molar-refractivity contribution in [2.75, 3.05) is 32.0 Å². The van der Waals surface area contributed by atoms with Gasteiger partial charge in [-0.25, -0.2) is 13.2 Å². The fourth-order valence-corrected chi connectivity index (χ4v) is 5.82. The van der Waals surface area contributed by atoms with Gasteiger partial charge in [-0.05, 0) is 67.9 Å². The van der Waals surface area contributed by atoms with Crippen LogP contribution in [-0.4, -0.2) is 56.5 Å². The van der Waals surface area contributed by atoms with Crippen LogP contribution in [0.1, 0.15) is 45.1 Å². The molecule has 2 heterocycles. The highest BCUT2D eigenvalue weighted by atomic mass is 32.2. The maximum Gasteiger partial charge on any atom is 0.402 e. The molecule has 2 saturated heterocycles. The Hall–Kier alpha value is -2.66. The van der Waals surface area contributed by atoms with Crippen LogP contribution in [0.5, 0.6) is 0 Å². The number of nitrogens with zero attached hydrogens (tertiary/aromatic N) is 1. The summed E-state index contributed by atoms with van der Waals surface area (Å²) in [4.78, 5) is 9.09. The van der Waals surface area contributed by atoms with Crippen LogP contribution in [-0.2, 0) is 25.9 Å². The molecule has 2 aliphatic heterocycles. The van der Waals surface area contributed by atoms with E-state index in [4.69, 9.17) is 25.1 Å². The molecule has 1 amide bonds. The number of carboxylic acid groups (broad SMARTS) is 1. The Morgan fingerprint density at radius 2 is 1.59 bits per heavy atom. The molecule has 2 fully saturated rings. The molecule has 0 saturated carbocycles. The largest absolute Gasteiger partial charge is 0.465 e. The van der Waals surface area contributed by atoms with Gasteiger partial charge in [0.15, 0.2) is 6.29 Å². The van der Waals surface area contributed by atoms with Gasteiger partial charge >= 0.3 is 6.09 Å². The lowest BCUT2D eigenvalue weighted by molar-refractivity contribution is -0.0904. The van der Waals surface area contributed by atoms with E-state index in [1.807, 2.05) is 32.0 Å². The Kier molecular flexibility index (Phi) is 12.9. The van der Waals surface area contributed by atoms with Gasteiger partial charge in [-0.15, -0.1) is 0 Å². The molecule has 0 bridgehead atoms. The van der Waals surface area contributed by atoms with Gasteiger partial charge in [0.05, 0.1) is 18.1 Å². The molecule has 37 heavy (non-hydrogen) atoms. The van der Waals surface area contributed by atoms with Crippen LogP contribution in [0.3, 0.4) is 0 Å². The smallest absolute Gasteiger partial charge is 0.402 e. The Balaban J connectivity index is 0.000000325. The van der Waals surface area contributed by atoms with Gasteiger partial charge in [0.25, 0.3) is 0 Å². The number of benzene rings is 2. The molecule has 9 nitrogen and oxygen atoms in total. The van der Waals surface area contributed by atoms with Crippen molar-refractivity contribution in [2.24, 2.45) is 17.6 Å².